The van der Waals surface area contributed by atoms with Crippen LogP contribution in [-0.2, 0) is 0 Å². The molecule has 338 valence electrons. The highest BCUT2D eigenvalue weighted by atomic mass is 15.1. The van der Waals surface area contributed by atoms with Gasteiger partial charge < -0.3 is 9.13 Å². The van der Waals surface area contributed by atoms with Crippen molar-refractivity contribution in [2.24, 2.45) is 0 Å². The van der Waals surface area contributed by atoms with Crippen LogP contribution in [0, 0.1) is 68.0 Å². The van der Waals surface area contributed by atoms with Gasteiger partial charge in [-0.2, -0.15) is 31.6 Å². The van der Waals surface area contributed by atoms with E-state index in [-0.39, 0.29) is 11.6 Å². The lowest BCUT2D eigenvalue weighted by molar-refractivity contribution is 1.06. The van der Waals surface area contributed by atoms with Gasteiger partial charge in [-0.15, -0.1) is 0 Å². The molecule has 0 fully saturated rings. The molecule has 0 aliphatic heterocycles. The molecule has 12 aromatic rings. The fourth-order valence-corrected chi connectivity index (χ4v) is 9.96. The molecule has 0 bridgehead atoms. The monoisotopic (exact) mass is 941 g/mol. The van der Waals surface area contributed by atoms with Crippen molar-refractivity contribution in [3.05, 3.63) is 221 Å². The minimum Gasteiger partial charge on any atom is -0.308 e. The van der Waals surface area contributed by atoms with E-state index >= 15 is 0 Å². The molecule has 0 saturated carbocycles. The van der Waals surface area contributed by atoms with Crippen LogP contribution in [0.4, 0.5) is 0 Å². The number of hydrogen-bond acceptors (Lipinski definition) is 9. The molecule has 9 aromatic carbocycles. The third-order valence-electron chi connectivity index (χ3n) is 13.3. The van der Waals surface area contributed by atoms with E-state index in [1.165, 1.54) is 0 Å². The highest BCUT2D eigenvalue weighted by Crippen LogP contribution is 2.41. The first-order valence-electron chi connectivity index (χ1n) is 23.3. The number of aromatic nitrogens is 5. The minimum absolute atomic E-state index is 0.289. The first kappa shape index (κ1) is 43.8. The van der Waals surface area contributed by atoms with E-state index in [4.69, 9.17) is 15.0 Å². The summed E-state index contributed by atoms with van der Waals surface area (Å²) in [5.41, 5.74) is 12.2. The molecule has 0 aliphatic carbocycles. The van der Waals surface area contributed by atoms with Gasteiger partial charge in [-0.05, 0) is 131 Å². The lowest BCUT2D eigenvalue weighted by Crippen LogP contribution is -2.06. The van der Waals surface area contributed by atoms with E-state index in [9.17, 15) is 31.6 Å². The predicted octanol–water partition coefficient (Wildman–Crippen LogP) is 13.6. The summed E-state index contributed by atoms with van der Waals surface area (Å²) in [6, 6.07) is 72.4. The van der Waals surface area contributed by atoms with Crippen molar-refractivity contribution in [2.75, 3.05) is 0 Å². The van der Waals surface area contributed by atoms with Gasteiger partial charge in [-0.3, -0.25) is 0 Å². The maximum absolute atomic E-state index is 10.4. The topological polar surface area (TPSA) is 191 Å². The fraction of sp³-hybridized carbons (Fsp3) is 0. The van der Waals surface area contributed by atoms with Crippen LogP contribution in [0.5, 0.6) is 0 Å². The van der Waals surface area contributed by atoms with Crippen molar-refractivity contribution in [3.63, 3.8) is 0 Å². The lowest BCUT2D eigenvalue weighted by atomic mass is 9.99. The molecule has 0 aliphatic rings. The van der Waals surface area contributed by atoms with Crippen LogP contribution in [0.15, 0.2) is 188 Å². The van der Waals surface area contributed by atoms with E-state index < -0.39 is 0 Å². The van der Waals surface area contributed by atoms with Crippen LogP contribution in [-0.4, -0.2) is 24.1 Å². The molecule has 11 nitrogen and oxygen atoms in total. The van der Waals surface area contributed by atoms with Crippen molar-refractivity contribution in [2.45, 2.75) is 0 Å². The van der Waals surface area contributed by atoms with E-state index in [0.717, 1.165) is 71.4 Å². The number of rotatable bonds is 7. The average molecular weight is 942 g/mol. The first-order chi connectivity index (χ1) is 36.4. The number of nitriles is 6. The van der Waals surface area contributed by atoms with Crippen molar-refractivity contribution < 1.29 is 0 Å². The Kier molecular flexibility index (Phi) is 10.5. The zero-order chi connectivity index (χ0) is 50.5. The SMILES string of the molecule is N#Cc1cc(C#N)cc(-c2ccc3c(c2)c2ccccc2n3-c2ccc(C#N)cc2-c2nc(-c3ccccc3)nc(-c3cc(C#N)ccc3-n3c4ccccc4c4cc(-c5cc(C#N)cc(C#N)c5)ccc43)n2)c1. The van der Waals surface area contributed by atoms with Crippen molar-refractivity contribution in [1.82, 2.24) is 24.1 Å². The highest BCUT2D eigenvalue weighted by Gasteiger charge is 2.24. The molecule has 0 saturated heterocycles. The third kappa shape index (κ3) is 7.38. The normalized spacial score (nSPS) is 10.9. The van der Waals surface area contributed by atoms with Gasteiger partial charge in [0.15, 0.2) is 17.5 Å². The van der Waals surface area contributed by atoms with Crippen LogP contribution in [0.25, 0.3) is 111 Å². The second kappa shape index (κ2) is 17.8. The van der Waals surface area contributed by atoms with Gasteiger partial charge in [-0.1, -0.05) is 78.9 Å². The summed E-state index contributed by atoms with van der Waals surface area (Å²) in [5.74, 6) is 0.952. The molecule has 74 heavy (non-hydrogen) atoms. The van der Waals surface area contributed by atoms with Gasteiger partial charge in [0.05, 0.1) is 103 Å². The Hall–Kier alpha value is -11.5. The molecule has 0 N–H and O–H groups in total. The van der Waals surface area contributed by atoms with Gasteiger partial charge in [-0.25, -0.2) is 15.0 Å². The molecule has 12 rings (SSSR count). The molecule has 0 spiro atoms. The number of benzene rings is 9. The Morgan fingerprint density at radius 3 is 1.07 bits per heavy atom. The zero-order valence-electron chi connectivity index (χ0n) is 38.8. The summed E-state index contributed by atoms with van der Waals surface area (Å²) in [5, 5.41) is 63.8. The quantitative estimate of drug-likeness (QED) is 0.149. The summed E-state index contributed by atoms with van der Waals surface area (Å²) in [7, 11) is 0. The molecule has 0 atom stereocenters. The minimum atomic E-state index is 0.289. The number of para-hydroxylation sites is 2. The molecular weight excluding hydrogens is 911 g/mol. The van der Waals surface area contributed by atoms with Gasteiger partial charge in [0, 0.05) is 38.2 Å². The summed E-state index contributed by atoms with van der Waals surface area (Å²) < 4.78 is 4.27. The van der Waals surface area contributed by atoms with Crippen LogP contribution in [0.2, 0.25) is 0 Å². The number of fused-ring (bicyclic) bond motifs is 6. The second-order valence-electron chi connectivity index (χ2n) is 17.6. The Morgan fingerprint density at radius 1 is 0.270 bits per heavy atom. The van der Waals surface area contributed by atoms with E-state index in [1.807, 2.05) is 103 Å². The van der Waals surface area contributed by atoms with Gasteiger partial charge >= 0.3 is 0 Å². The van der Waals surface area contributed by atoms with E-state index in [1.54, 1.807) is 60.7 Å². The molecule has 0 amide bonds. The Bertz CT molecular complexity index is 4300. The average Bonchev–Trinajstić information content (AvgIpc) is 3.99. The Labute approximate surface area is 423 Å². The molecular formula is C63H31N11. The first-order valence-corrected chi connectivity index (χ1v) is 23.3. The zero-order valence-corrected chi connectivity index (χ0v) is 38.8. The third-order valence-corrected chi connectivity index (χ3v) is 13.3. The molecule has 3 aromatic heterocycles. The van der Waals surface area contributed by atoms with Crippen LogP contribution < -0.4 is 0 Å². The summed E-state index contributed by atoms with van der Waals surface area (Å²) in [4.78, 5) is 15.7. The largest absolute Gasteiger partial charge is 0.308 e. The van der Waals surface area contributed by atoms with E-state index in [0.29, 0.717) is 61.7 Å². The fourth-order valence-electron chi connectivity index (χ4n) is 9.96. The van der Waals surface area contributed by atoms with Crippen LogP contribution >= 0.6 is 0 Å². The van der Waals surface area contributed by atoms with Crippen molar-refractivity contribution in [3.8, 4) is 104 Å². The maximum Gasteiger partial charge on any atom is 0.166 e. The standard InChI is InChI=1S/C63H31N11/c64-32-38-14-18-59(73-55-12-6-4-10-49(55)51-30-45(16-20-57(51)73)47-24-40(34-66)22-41(25-47)35-67)53(28-38)62-70-61(44-8-2-1-3-9-44)71-63(72-62)54-29-39(33-65)15-19-60(54)74-56-13-7-5-11-50(56)52-31-46(17-21-58(52)74)48-26-42(36-68)23-43(27-48)37-69/h1-31H. The molecule has 0 radical (unpaired) electrons. The Morgan fingerprint density at radius 2 is 0.649 bits per heavy atom. The summed E-state index contributed by atoms with van der Waals surface area (Å²) in [6.07, 6.45) is 0. The molecule has 3 heterocycles. The summed E-state index contributed by atoms with van der Waals surface area (Å²) in [6.45, 7) is 0. The Balaban J connectivity index is 1.09. The molecule has 11 heteroatoms. The highest BCUT2D eigenvalue weighted by molar-refractivity contribution is 6.12. The molecule has 0 unspecified atom stereocenters. The van der Waals surface area contributed by atoms with Crippen LogP contribution in [0.1, 0.15) is 33.4 Å². The van der Waals surface area contributed by atoms with E-state index in [2.05, 4.69) is 69.8 Å². The predicted molar refractivity (Wildman–Crippen MR) is 284 cm³/mol. The van der Waals surface area contributed by atoms with Crippen molar-refractivity contribution >= 4 is 43.6 Å². The van der Waals surface area contributed by atoms with Gasteiger partial charge in [0.1, 0.15) is 0 Å². The maximum atomic E-state index is 10.4. The number of hydrogen-bond donors (Lipinski definition) is 0. The van der Waals surface area contributed by atoms with Crippen LogP contribution in [0.3, 0.4) is 0 Å². The van der Waals surface area contributed by atoms with Crippen molar-refractivity contribution in [1.29, 1.82) is 31.6 Å². The van der Waals surface area contributed by atoms with Gasteiger partial charge in [0.2, 0.25) is 0 Å². The lowest BCUT2D eigenvalue weighted by Gasteiger charge is -2.17. The van der Waals surface area contributed by atoms with Gasteiger partial charge in [0.25, 0.3) is 0 Å². The number of nitrogens with zero attached hydrogens (tertiary/aromatic N) is 11. The summed E-state index contributed by atoms with van der Waals surface area (Å²) >= 11 is 0. The second-order valence-corrected chi connectivity index (χ2v) is 17.6. The smallest absolute Gasteiger partial charge is 0.166 e.